The summed E-state index contributed by atoms with van der Waals surface area (Å²) in [7, 11) is 3.29. The lowest BCUT2D eigenvalue weighted by molar-refractivity contribution is -0.121. The summed E-state index contributed by atoms with van der Waals surface area (Å²) in [5.74, 6) is 1.46. The molecule has 1 aliphatic rings. The summed E-state index contributed by atoms with van der Waals surface area (Å²) < 4.78 is 6.28. The van der Waals surface area contributed by atoms with Gasteiger partial charge in [-0.05, 0) is 48.0 Å². The maximum Gasteiger partial charge on any atom is 0.239 e. The van der Waals surface area contributed by atoms with Crippen LogP contribution in [0.5, 0.6) is 5.75 Å². The Kier molecular flexibility index (Phi) is 5.86. The number of carbonyl (C=O) groups excluding carboxylic acids is 1. The first-order chi connectivity index (χ1) is 14.6. The highest BCUT2D eigenvalue weighted by Crippen LogP contribution is 2.41. The fraction of sp³-hybridized carbons (Fsp3) is 0.167. The van der Waals surface area contributed by atoms with Crippen molar-refractivity contribution in [1.82, 2.24) is 10.2 Å². The summed E-state index contributed by atoms with van der Waals surface area (Å²) in [5.41, 5.74) is 3.97. The number of hydrogen-bond donors (Lipinski definition) is 1. The summed E-state index contributed by atoms with van der Waals surface area (Å²) in [6.45, 7) is 0.187. The molecule has 6 heteroatoms. The number of ether oxygens (including phenoxy) is 1. The van der Waals surface area contributed by atoms with Gasteiger partial charge in [-0.25, -0.2) is 4.99 Å². The summed E-state index contributed by atoms with van der Waals surface area (Å²) >= 11 is 3.59. The molecule has 1 aliphatic heterocycles. The minimum absolute atomic E-state index is 0.0735. The maximum absolute atomic E-state index is 12.5. The highest BCUT2D eigenvalue weighted by Gasteiger charge is 2.33. The minimum atomic E-state index is -0.148. The normalized spacial score (nSPS) is 15.2. The second-order valence-electron chi connectivity index (χ2n) is 6.98. The van der Waals surface area contributed by atoms with Crippen molar-refractivity contribution in [1.29, 1.82) is 0 Å². The van der Waals surface area contributed by atoms with Gasteiger partial charge in [-0.1, -0.05) is 46.3 Å². The monoisotopic (exact) mass is 463 g/mol. The Morgan fingerprint density at radius 1 is 1.10 bits per heavy atom. The van der Waals surface area contributed by atoms with Gasteiger partial charge in [-0.3, -0.25) is 4.79 Å². The van der Waals surface area contributed by atoms with E-state index in [0.717, 1.165) is 38.4 Å². The molecule has 3 aromatic rings. The molecule has 30 heavy (non-hydrogen) atoms. The second kappa shape index (κ2) is 8.71. The number of fused-ring (bicyclic) bond motifs is 1. The Bertz CT molecular complexity index is 1080. The molecule has 0 spiro atoms. The molecule has 3 aromatic carbocycles. The van der Waals surface area contributed by atoms with Crippen LogP contribution in [0.4, 0.5) is 5.69 Å². The fourth-order valence-corrected chi connectivity index (χ4v) is 4.06. The first-order valence-corrected chi connectivity index (χ1v) is 10.4. The van der Waals surface area contributed by atoms with E-state index in [2.05, 4.69) is 44.3 Å². The van der Waals surface area contributed by atoms with Crippen LogP contribution in [0, 0.1) is 0 Å². The van der Waals surface area contributed by atoms with E-state index >= 15 is 0 Å². The van der Waals surface area contributed by atoms with Crippen LogP contribution in [0.2, 0.25) is 0 Å². The van der Waals surface area contributed by atoms with Crippen LogP contribution < -0.4 is 10.1 Å². The summed E-state index contributed by atoms with van der Waals surface area (Å²) in [6.07, 6.45) is 0. The molecule has 1 amide bonds. The molecule has 152 valence electrons. The standard InChI is InChI=1S/C24H22BrN3O2/c1-26-22(29)15-28-23(16-6-4-3-5-7-16)20-14-18(25)10-13-21(20)27-24(28)17-8-11-19(30-2)12-9-17/h3-14,23H,15H2,1-2H3,(H,26,29). The molecule has 0 bridgehead atoms. The number of halogens is 1. The number of amidine groups is 1. The van der Waals surface area contributed by atoms with E-state index in [1.54, 1.807) is 14.2 Å². The zero-order valence-electron chi connectivity index (χ0n) is 16.8. The Morgan fingerprint density at radius 3 is 2.50 bits per heavy atom. The molecule has 5 nitrogen and oxygen atoms in total. The van der Waals surface area contributed by atoms with Gasteiger partial charge >= 0.3 is 0 Å². The van der Waals surface area contributed by atoms with Crippen LogP contribution in [0.15, 0.2) is 82.3 Å². The smallest absolute Gasteiger partial charge is 0.239 e. The molecule has 1 N–H and O–H groups in total. The van der Waals surface area contributed by atoms with Crippen LogP contribution >= 0.6 is 15.9 Å². The highest BCUT2D eigenvalue weighted by atomic mass is 79.9. The number of aliphatic imine (C=N–C) groups is 1. The van der Waals surface area contributed by atoms with Crippen LogP contribution in [-0.2, 0) is 4.79 Å². The summed E-state index contributed by atoms with van der Waals surface area (Å²) in [6, 6.07) is 23.9. The Hall–Kier alpha value is -3.12. The number of rotatable bonds is 5. The van der Waals surface area contributed by atoms with Crippen molar-refractivity contribution in [3.05, 3.63) is 94.0 Å². The zero-order valence-corrected chi connectivity index (χ0v) is 18.4. The van der Waals surface area contributed by atoms with Gasteiger partial charge < -0.3 is 15.0 Å². The lowest BCUT2D eigenvalue weighted by atomic mass is 9.93. The molecule has 1 unspecified atom stereocenters. The molecule has 0 aromatic heterocycles. The Morgan fingerprint density at radius 2 is 1.83 bits per heavy atom. The molecule has 0 radical (unpaired) electrons. The first kappa shape index (κ1) is 20.2. The van der Waals surface area contributed by atoms with E-state index in [-0.39, 0.29) is 18.5 Å². The number of benzene rings is 3. The minimum Gasteiger partial charge on any atom is -0.497 e. The molecular weight excluding hydrogens is 442 g/mol. The number of carbonyl (C=O) groups is 1. The van der Waals surface area contributed by atoms with Gasteiger partial charge in [0.1, 0.15) is 11.6 Å². The highest BCUT2D eigenvalue weighted by molar-refractivity contribution is 9.10. The van der Waals surface area contributed by atoms with Crippen LogP contribution in [0.1, 0.15) is 22.7 Å². The number of methoxy groups -OCH3 is 1. The Balaban J connectivity index is 1.91. The van der Waals surface area contributed by atoms with Crippen molar-refractivity contribution in [2.45, 2.75) is 6.04 Å². The summed E-state index contributed by atoms with van der Waals surface area (Å²) in [4.78, 5) is 19.5. The van der Waals surface area contributed by atoms with E-state index in [1.807, 2.05) is 54.6 Å². The van der Waals surface area contributed by atoms with E-state index in [4.69, 9.17) is 9.73 Å². The van der Waals surface area contributed by atoms with Gasteiger partial charge in [-0.15, -0.1) is 0 Å². The van der Waals surface area contributed by atoms with Gasteiger partial charge in [-0.2, -0.15) is 0 Å². The topological polar surface area (TPSA) is 53.9 Å². The molecular formula is C24H22BrN3O2. The predicted molar refractivity (Wildman–Crippen MR) is 122 cm³/mol. The number of hydrogen-bond acceptors (Lipinski definition) is 4. The lowest BCUT2D eigenvalue weighted by Gasteiger charge is -2.38. The van der Waals surface area contributed by atoms with Gasteiger partial charge in [0, 0.05) is 22.6 Å². The maximum atomic E-state index is 12.5. The van der Waals surface area contributed by atoms with E-state index in [0.29, 0.717) is 0 Å². The molecule has 0 aliphatic carbocycles. The third-order valence-corrected chi connectivity index (χ3v) is 5.64. The Labute approximate surface area is 184 Å². The van der Waals surface area contributed by atoms with Crippen LogP contribution in [0.3, 0.4) is 0 Å². The predicted octanol–water partition coefficient (Wildman–Crippen LogP) is 4.69. The molecule has 0 saturated carbocycles. The van der Waals surface area contributed by atoms with Crippen molar-refractivity contribution >= 4 is 33.4 Å². The quantitative estimate of drug-likeness (QED) is 0.597. The second-order valence-corrected chi connectivity index (χ2v) is 7.90. The SMILES string of the molecule is CNC(=O)CN1C(c2ccc(OC)cc2)=Nc2ccc(Br)cc2C1c1ccccc1. The van der Waals surface area contributed by atoms with Gasteiger partial charge in [0.05, 0.1) is 25.4 Å². The molecule has 1 heterocycles. The van der Waals surface area contributed by atoms with Crippen LogP contribution in [-0.4, -0.2) is 37.3 Å². The average molecular weight is 464 g/mol. The third-order valence-electron chi connectivity index (χ3n) is 5.15. The lowest BCUT2D eigenvalue weighted by Crippen LogP contribution is -2.44. The van der Waals surface area contributed by atoms with Gasteiger partial charge in [0.2, 0.25) is 5.91 Å². The van der Waals surface area contributed by atoms with Crippen molar-refractivity contribution < 1.29 is 9.53 Å². The van der Waals surface area contributed by atoms with Gasteiger partial charge in [0.25, 0.3) is 0 Å². The largest absolute Gasteiger partial charge is 0.497 e. The fourth-order valence-electron chi connectivity index (χ4n) is 3.68. The molecule has 0 saturated heterocycles. The molecule has 4 rings (SSSR count). The van der Waals surface area contributed by atoms with Crippen molar-refractivity contribution in [2.75, 3.05) is 20.7 Å². The number of amides is 1. The number of nitrogens with one attached hydrogen (secondary N) is 1. The third kappa shape index (κ3) is 3.96. The van der Waals surface area contributed by atoms with E-state index in [1.165, 1.54) is 0 Å². The van der Waals surface area contributed by atoms with Crippen molar-refractivity contribution in [3.63, 3.8) is 0 Å². The molecule has 0 fully saturated rings. The van der Waals surface area contributed by atoms with Crippen LogP contribution in [0.25, 0.3) is 0 Å². The summed E-state index contributed by atoms with van der Waals surface area (Å²) in [5, 5.41) is 2.75. The van der Waals surface area contributed by atoms with Crippen molar-refractivity contribution in [2.24, 2.45) is 4.99 Å². The molecule has 1 atom stereocenters. The van der Waals surface area contributed by atoms with E-state index in [9.17, 15) is 4.79 Å². The first-order valence-electron chi connectivity index (χ1n) is 9.65. The number of nitrogens with zero attached hydrogens (tertiary/aromatic N) is 2. The van der Waals surface area contributed by atoms with E-state index < -0.39 is 0 Å². The van der Waals surface area contributed by atoms with Gasteiger partial charge in [0.15, 0.2) is 0 Å². The van der Waals surface area contributed by atoms with Crippen molar-refractivity contribution in [3.8, 4) is 5.75 Å². The zero-order chi connectivity index (χ0) is 21.1. The average Bonchev–Trinajstić information content (AvgIpc) is 2.79. The number of likely N-dealkylation sites (N-methyl/N-ethyl adjacent to an activating group) is 1.